The largest absolute Gasteiger partial charge is 0.455 e. The van der Waals surface area contributed by atoms with E-state index in [1.165, 1.54) is 0 Å². The van der Waals surface area contributed by atoms with Crippen LogP contribution in [0.1, 0.15) is 11.6 Å². The molecule has 0 saturated heterocycles. The molecule has 1 rings (SSSR count). The molecule has 0 radical (unpaired) electrons. The lowest BCUT2D eigenvalue weighted by Gasteiger charge is -2.26. The molecule has 0 aromatic heterocycles. The van der Waals surface area contributed by atoms with Crippen molar-refractivity contribution in [3.05, 3.63) is 34.6 Å². The molecule has 0 amide bonds. The maximum absolute atomic E-state index is 13.2. The second-order valence-electron chi connectivity index (χ2n) is 3.26. The molecular weight excluding hydrogens is 307 g/mol. The number of nitrogens with two attached hydrogens (primary N) is 1. The topological polar surface area (TPSA) is 26.0 Å². The van der Waals surface area contributed by atoms with Crippen LogP contribution in [0.3, 0.4) is 0 Å². The summed E-state index contributed by atoms with van der Waals surface area (Å²) in [6, 6.07) is -0.531. The molecule has 1 atom stereocenters. The van der Waals surface area contributed by atoms with Crippen LogP contribution in [-0.4, -0.2) is 12.1 Å². The van der Waals surface area contributed by atoms with Gasteiger partial charge in [-0.1, -0.05) is 17.7 Å². The highest BCUT2D eigenvalue weighted by Crippen LogP contribution is 2.43. The maximum atomic E-state index is 13.2. The Morgan fingerprint density at radius 1 is 1.11 bits per heavy atom. The molecule has 2 N–H and O–H groups in total. The number of hydrogen-bond acceptors (Lipinski definition) is 1. The first kappa shape index (κ1) is 17.3. The second kappa shape index (κ2) is 5.54. The van der Waals surface area contributed by atoms with Crippen LogP contribution in [0.4, 0.5) is 26.3 Å². The van der Waals surface area contributed by atoms with E-state index in [9.17, 15) is 26.3 Å². The van der Waals surface area contributed by atoms with Crippen LogP contribution in [0.5, 0.6) is 0 Å². The van der Waals surface area contributed by atoms with Gasteiger partial charge in [-0.25, -0.2) is 4.39 Å². The predicted octanol–water partition coefficient (Wildman–Crippen LogP) is 4.10. The van der Waals surface area contributed by atoms with Gasteiger partial charge in [0.1, 0.15) is 11.9 Å². The Bertz CT molecular complexity index is 420. The van der Waals surface area contributed by atoms with Crippen LogP contribution in [0.25, 0.3) is 0 Å². The quantitative estimate of drug-likeness (QED) is 0.817. The Kier molecular flexibility index (Phi) is 5.34. The van der Waals surface area contributed by atoms with E-state index in [2.05, 4.69) is 0 Å². The smallest absolute Gasteiger partial charge is 0.319 e. The summed E-state index contributed by atoms with van der Waals surface area (Å²) < 4.78 is 74.8. The fraction of sp³-hybridized carbons (Fsp3) is 0.333. The summed E-state index contributed by atoms with van der Waals surface area (Å²) in [6.45, 7) is 0. The van der Waals surface area contributed by atoms with Crippen LogP contribution < -0.4 is 5.73 Å². The zero-order valence-corrected chi connectivity index (χ0v) is 10.0. The molecule has 18 heavy (non-hydrogen) atoms. The van der Waals surface area contributed by atoms with Crippen LogP contribution in [0, 0.1) is 5.82 Å². The Morgan fingerprint density at radius 3 is 2.00 bits per heavy atom. The minimum Gasteiger partial charge on any atom is -0.319 e. The highest BCUT2D eigenvalue weighted by atomic mass is 35.5. The average Bonchev–Trinajstić information content (AvgIpc) is 2.14. The van der Waals surface area contributed by atoms with Crippen molar-refractivity contribution in [3.63, 3.8) is 0 Å². The van der Waals surface area contributed by atoms with Gasteiger partial charge in [-0.15, -0.1) is 12.4 Å². The fourth-order valence-corrected chi connectivity index (χ4v) is 1.28. The van der Waals surface area contributed by atoms with Gasteiger partial charge in [0.15, 0.2) is 0 Å². The Morgan fingerprint density at radius 2 is 1.61 bits per heavy atom. The molecular formula is C9H7Cl2F6N. The Labute approximate surface area is 109 Å². The van der Waals surface area contributed by atoms with Gasteiger partial charge in [0.25, 0.3) is 0 Å². The lowest BCUT2D eigenvalue weighted by Crippen LogP contribution is -2.46. The van der Waals surface area contributed by atoms with Gasteiger partial charge in [-0.05, 0) is 12.1 Å². The third kappa shape index (κ3) is 3.21. The van der Waals surface area contributed by atoms with Gasteiger partial charge < -0.3 is 5.73 Å². The molecule has 9 heteroatoms. The first-order valence-electron chi connectivity index (χ1n) is 4.22. The summed E-state index contributed by atoms with van der Waals surface area (Å²) in [5.74, 6) is -6.53. The van der Waals surface area contributed by atoms with Crippen molar-refractivity contribution in [2.75, 3.05) is 0 Å². The van der Waals surface area contributed by atoms with Crippen LogP contribution in [0.2, 0.25) is 5.02 Å². The van der Waals surface area contributed by atoms with E-state index in [0.29, 0.717) is 12.1 Å². The highest BCUT2D eigenvalue weighted by molar-refractivity contribution is 6.30. The van der Waals surface area contributed by atoms with Crippen molar-refractivity contribution < 1.29 is 26.3 Å². The number of hydrogen-bond donors (Lipinski definition) is 1. The number of benzene rings is 1. The third-order valence-electron chi connectivity index (χ3n) is 2.07. The molecule has 0 bridgehead atoms. The number of halogens is 8. The lowest BCUT2D eigenvalue weighted by atomic mass is 10.0. The summed E-state index contributed by atoms with van der Waals surface area (Å²) >= 11 is 5.34. The van der Waals surface area contributed by atoms with Gasteiger partial charge in [0.2, 0.25) is 0 Å². The van der Waals surface area contributed by atoms with Gasteiger partial charge in [-0.2, -0.15) is 22.0 Å². The van der Waals surface area contributed by atoms with E-state index < -0.39 is 29.5 Å². The monoisotopic (exact) mass is 313 g/mol. The zero-order valence-electron chi connectivity index (χ0n) is 8.44. The SMILES string of the molecule is Cl.N[C@@H](c1ccc(Cl)cc1F)C(F)(F)C(F)(F)F. The second-order valence-corrected chi connectivity index (χ2v) is 3.70. The van der Waals surface area contributed by atoms with E-state index in [1.807, 2.05) is 0 Å². The molecule has 0 aliphatic rings. The summed E-state index contributed by atoms with van der Waals surface area (Å²) in [5.41, 5.74) is 3.81. The molecule has 1 aromatic carbocycles. The molecule has 104 valence electrons. The maximum Gasteiger partial charge on any atom is 0.455 e. The Balaban J connectivity index is 0.00000289. The van der Waals surface area contributed by atoms with Crippen molar-refractivity contribution in [1.82, 2.24) is 0 Å². The highest BCUT2D eigenvalue weighted by Gasteiger charge is 2.62. The first-order valence-corrected chi connectivity index (χ1v) is 4.60. The first-order chi connectivity index (χ1) is 7.57. The zero-order chi connectivity index (χ0) is 13.4. The van der Waals surface area contributed by atoms with Crippen LogP contribution in [0.15, 0.2) is 18.2 Å². The third-order valence-corrected chi connectivity index (χ3v) is 2.30. The standard InChI is InChI=1S/C9H6ClF6N.ClH/c10-4-1-2-5(6(11)3-4)7(17)8(12,13)9(14,15)16;/h1-3,7H,17H2;1H/t7-;/m0./s1. The minimum atomic E-state index is -5.85. The predicted molar refractivity (Wildman–Crippen MR) is 56.6 cm³/mol. The fourth-order valence-electron chi connectivity index (χ4n) is 1.13. The molecule has 0 unspecified atom stereocenters. The summed E-state index contributed by atoms with van der Waals surface area (Å²) in [4.78, 5) is 0. The van der Waals surface area contributed by atoms with Gasteiger partial charge in [0.05, 0.1) is 0 Å². The average molecular weight is 314 g/mol. The van der Waals surface area contributed by atoms with E-state index in [-0.39, 0.29) is 17.4 Å². The normalized spacial score (nSPS) is 14.0. The summed E-state index contributed by atoms with van der Waals surface area (Å²) in [6.07, 6.45) is -5.85. The van der Waals surface area contributed by atoms with Crippen LogP contribution in [-0.2, 0) is 0 Å². The number of alkyl halides is 5. The van der Waals surface area contributed by atoms with Crippen molar-refractivity contribution in [1.29, 1.82) is 0 Å². The van der Waals surface area contributed by atoms with E-state index in [4.69, 9.17) is 17.3 Å². The summed E-state index contributed by atoms with van der Waals surface area (Å²) in [7, 11) is 0. The number of rotatable bonds is 2. The molecule has 0 fully saturated rings. The molecule has 0 spiro atoms. The van der Waals surface area contributed by atoms with E-state index >= 15 is 0 Å². The molecule has 1 aromatic rings. The van der Waals surface area contributed by atoms with Crippen molar-refractivity contribution in [2.45, 2.75) is 18.1 Å². The van der Waals surface area contributed by atoms with Gasteiger partial charge >= 0.3 is 12.1 Å². The van der Waals surface area contributed by atoms with Gasteiger partial charge in [0, 0.05) is 10.6 Å². The lowest BCUT2D eigenvalue weighted by molar-refractivity contribution is -0.291. The molecule has 0 aliphatic carbocycles. The molecule has 0 aliphatic heterocycles. The van der Waals surface area contributed by atoms with E-state index in [1.54, 1.807) is 0 Å². The van der Waals surface area contributed by atoms with Crippen LogP contribution >= 0.6 is 24.0 Å². The van der Waals surface area contributed by atoms with Crippen molar-refractivity contribution >= 4 is 24.0 Å². The van der Waals surface area contributed by atoms with Crippen molar-refractivity contribution in [3.8, 4) is 0 Å². The molecule has 0 heterocycles. The Hall–Kier alpha value is -0.660. The molecule has 0 saturated carbocycles. The van der Waals surface area contributed by atoms with Crippen molar-refractivity contribution in [2.24, 2.45) is 5.73 Å². The molecule has 1 nitrogen and oxygen atoms in total. The summed E-state index contributed by atoms with van der Waals surface area (Å²) in [5, 5.41) is -0.131. The van der Waals surface area contributed by atoms with E-state index in [0.717, 1.165) is 6.07 Å². The minimum absolute atomic E-state index is 0. The van der Waals surface area contributed by atoms with Gasteiger partial charge in [-0.3, -0.25) is 0 Å².